The van der Waals surface area contributed by atoms with Crippen molar-refractivity contribution in [2.75, 3.05) is 7.05 Å². The number of rotatable bonds is 3. The standard InChI is InChI=1S/C15H16N2.CH5N/c16-15(17)14-9-5-4-8-13(14)11-10-12-6-2-1-3-7-12;1-2/h1-11,15H,16-17H2;2H2,1H3/b11-10+;. The molecule has 6 N–H and O–H groups in total. The van der Waals surface area contributed by atoms with Crippen LogP contribution in [0.2, 0.25) is 0 Å². The van der Waals surface area contributed by atoms with E-state index in [9.17, 15) is 0 Å². The predicted molar refractivity (Wildman–Crippen MR) is 83.0 cm³/mol. The Morgan fingerprint density at radius 3 is 2.00 bits per heavy atom. The van der Waals surface area contributed by atoms with Gasteiger partial charge in [-0.2, -0.15) is 0 Å². The lowest BCUT2D eigenvalue weighted by atomic mass is 10.0. The van der Waals surface area contributed by atoms with E-state index >= 15 is 0 Å². The third kappa shape index (κ3) is 4.67. The van der Waals surface area contributed by atoms with E-state index < -0.39 is 6.17 Å². The van der Waals surface area contributed by atoms with E-state index in [-0.39, 0.29) is 0 Å². The van der Waals surface area contributed by atoms with Crippen LogP contribution in [0, 0.1) is 0 Å². The van der Waals surface area contributed by atoms with Gasteiger partial charge < -0.3 is 17.2 Å². The molecule has 100 valence electrons. The first kappa shape index (κ1) is 15.1. The molecule has 0 saturated carbocycles. The van der Waals surface area contributed by atoms with Gasteiger partial charge in [0.25, 0.3) is 0 Å². The van der Waals surface area contributed by atoms with E-state index in [0.29, 0.717) is 0 Å². The van der Waals surface area contributed by atoms with Gasteiger partial charge in [0.1, 0.15) is 0 Å². The van der Waals surface area contributed by atoms with Crippen molar-refractivity contribution in [2.45, 2.75) is 6.17 Å². The SMILES string of the molecule is CN.NC(N)c1ccccc1/C=C/c1ccccc1. The van der Waals surface area contributed by atoms with Gasteiger partial charge in [0.05, 0.1) is 6.17 Å². The van der Waals surface area contributed by atoms with Gasteiger partial charge in [0, 0.05) is 0 Å². The number of hydrogen-bond acceptors (Lipinski definition) is 3. The summed E-state index contributed by atoms with van der Waals surface area (Å²) >= 11 is 0. The molecule has 2 aromatic rings. The maximum atomic E-state index is 5.73. The van der Waals surface area contributed by atoms with E-state index in [4.69, 9.17) is 11.5 Å². The second-order valence-corrected chi connectivity index (χ2v) is 3.90. The molecule has 0 aliphatic carbocycles. The minimum absolute atomic E-state index is 0.438. The summed E-state index contributed by atoms with van der Waals surface area (Å²) in [4.78, 5) is 0. The second kappa shape index (κ2) is 8.21. The zero-order chi connectivity index (χ0) is 14.1. The van der Waals surface area contributed by atoms with Gasteiger partial charge in [-0.05, 0) is 23.7 Å². The van der Waals surface area contributed by atoms with Crippen LogP contribution in [-0.2, 0) is 0 Å². The fourth-order valence-electron chi connectivity index (χ4n) is 1.72. The Bertz CT molecular complexity index is 504. The molecule has 3 heteroatoms. The molecule has 0 radical (unpaired) electrons. The van der Waals surface area contributed by atoms with Crippen molar-refractivity contribution in [3.05, 3.63) is 71.3 Å². The van der Waals surface area contributed by atoms with Gasteiger partial charge in [0.2, 0.25) is 0 Å². The van der Waals surface area contributed by atoms with Crippen LogP contribution in [0.3, 0.4) is 0 Å². The van der Waals surface area contributed by atoms with E-state index in [1.807, 2.05) is 48.5 Å². The van der Waals surface area contributed by atoms with Crippen LogP contribution in [0.15, 0.2) is 54.6 Å². The Morgan fingerprint density at radius 1 is 0.789 bits per heavy atom. The number of benzene rings is 2. The largest absolute Gasteiger partial charge is 0.333 e. The lowest BCUT2D eigenvalue weighted by Gasteiger charge is -2.09. The highest BCUT2D eigenvalue weighted by Crippen LogP contribution is 2.16. The van der Waals surface area contributed by atoms with Crippen LogP contribution < -0.4 is 17.2 Å². The van der Waals surface area contributed by atoms with Gasteiger partial charge in [-0.3, -0.25) is 0 Å². The van der Waals surface area contributed by atoms with Gasteiger partial charge >= 0.3 is 0 Å². The van der Waals surface area contributed by atoms with Crippen LogP contribution in [0.1, 0.15) is 22.9 Å². The average molecular weight is 255 g/mol. The van der Waals surface area contributed by atoms with Crippen LogP contribution in [0.25, 0.3) is 12.2 Å². The van der Waals surface area contributed by atoms with Gasteiger partial charge in [0.15, 0.2) is 0 Å². The van der Waals surface area contributed by atoms with E-state index in [0.717, 1.165) is 16.7 Å². The van der Waals surface area contributed by atoms with Crippen molar-refractivity contribution in [2.24, 2.45) is 17.2 Å². The quantitative estimate of drug-likeness (QED) is 0.582. The molecule has 0 atom stereocenters. The highest BCUT2D eigenvalue weighted by atomic mass is 14.8. The Morgan fingerprint density at radius 2 is 1.37 bits per heavy atom. The number of hydrogen-bond donors (Lipinski definition) is 3. The summed E-state index contributed by atoms with van der Waals surface area (Å²) in [6.45, 7) is 0. The third-order valence-electron chi connectivity index (χ3n) is 2.61. The molecule has 2 aromatic carbocycles. The van der Waals surface area contributed by atoms with E-state index in [1.54, 1.807) is 0 Å². The Hall–Kier alpha value is -1.94. The molecule has 0 fully saturated rings. The molecule has 0 bridgehead atoms. The first-order valence-corrected chi connectivity index (χ1v) is 6.18. The molecule has 0 heterocycles. The molecule has 0 aliphatic heterocycles. The summed E-state index contributed by atoms with van der Waals surface area (Å²) < 4.78 is 0. The average Bonchev–Trinajstić information content (AvgIpc) is 2.48. The van der Waals surface area contributed by atoms with Gasteiger partial charge in [-0.25, -0.2) is 0 Å². The van der Waals surface area contributed by atoms with Crippen LogP contribution in [0.4, 0.5) is 0 Å². The zero-order valence-corrected chi connectivity index (χ0v) is 11.2. The molecular formula is C16H21N3. The normalized spacial score (nSPS) is 10.4. The molecule has 0 saturated heterocycles. The van der Waals surface area contributed by atoms with E-state index in [1.165, 1.54) is 7.05 Å². The summed E-state index contributed by atoms with van der Waals surface area (Å²) in [7, 11) is 1.50. The maximum absolute atomic E-state index is 5.73. The Labute approximate surface area is 114 Å². The molecule has 0 aromatic heterocycles. The maximum Gasteiger partial charge on any atom is 0.0790 e. The monoisotopic (exact) mass is 255 g/mol. The van der Waals surface area contributed by atoms with Crippen molar-refractivity contribution < 1.29 is 0 Å². The van der Waals surface area contributed by atoms with Gasteiger partial charge in [-0.15, -0.1) is 0 Å². The summed E-state index contributed by atoms with van der Waals surface area (Å²) in [5, 5.41) is 0. The summed E-state index contributed by atoms with van der Waals surface area (Å²) in [6.07, 6.45) is 3.66. The van der Waals surface area contributed by atoms with Crippen molar-refractivity contribution >= 4 is 12.2 Å². The lowest BCUT2D eigenvalue weighted by Crippen LogP contribution is -2.20. The van der Waals surface area contributed by atoms with E-state index in [2.05, 4.69) is 23.9 Å². The van der Waals surface area contributed by atoms with Crippen molar-refractivity contribution in [3.8, 4) is 0 Å². The van der Waals surface area contributed by atoms with Crippen LogP contribution >= 0.6 is 0 Å². The fraction of sp³-hybridized carbons (Fsp3) is 0.125. The Kier molecular flexibility index (Phi) is 6.53. The first-order valence-electron chi connectivity index (χ1n) is 6.18. The highest BCUT2D eigenvalue weighted by Gasteiger charge is 2.02. The van der Waals surface area contributed by atoms with Crippen molar-refractivity contribution in [1.29, 1.82) is 0 Å². The molecule has 0 aliphatic rings. The van der Waals surface area contributed by atoms with Crippen molar-refractivity contribution in [1.82, 2.24) is 0 Å². The third-order valence-corrected chi connectivity index (χ3v) is 2.61. The number of nitrogens with two attached hydrogens (primary N) is 3. The first-order chi connectivity index (χ1) is 9.27. The summed E-state index contributed by atoms with van der Waals surface area (Å²) in [6, 6.07) is 18.0. The predicted octanol–water partition coefficient (Wildman–Crippen LogP) is 2.35. The highest BCUT2D eigenvalue weighted by molar-refractivity contribution is 5.71. The molecule has 0 spiro atoms. The zero-order valence-electron chi connectivity index (χ0n) is 11.2. The summed E-state index contributed by atoms with van der Waals surface area (Å²) in [5.74, 6) is 0. The minimum Gasteiger partial charge on any atom is -0.333 e. The van der Waals surface area contributed by atoms with Crippen LogP contribution in [0.5, 0.6) is 0 Å². The van der Waals surface area contributed by atoms with Crippen molar-refractivity contribution in [3.63, 3.8) is 0 Å². The minimum atomic E-state index is -0.438. The summed E-state index contributed by atoms with van der Waals surface area (Å²) in [5.41, 5.74) is 19.1. The molecule has 19 heavy (non-hydrogen) atoms. The molecule has 3 nitrogen and oxygen atoms in total. The topological polar surface area (TPSA) is 78.1 Å². The van der Waals surface area contributed by atoms with Gasteiger partial charge in [-0.1, -0.05) is 66.7 Å². The lowest BCUT2D eigenvalue weighted by molar-refractivity contribution is 0.772. The molecular weight excluding hydrogens is 234 g/mol. The fourth-order valence-corrected chi connectivity index (χ4v) is 1.72. The second-order valence-electron chi connectivity index (χ2n) is 3.90. The smallest absolute Gasteiger partial charge is 0.0790 e. The molecule has 0 unspecified atom stereocenters. The molecule has 0 amide bonds. The molecule has 2 rings (SSSR count). The Balaban J connectivity index is 0.000000861. The van der Waals surface area contributed by atoms with Crippen LogP contribution in [-0.4, -0.2) is 7.05 Å².